The molecule has 1 aromatic heterocycles. The molecular weight excluding hydrogens is 352 g/mol. The van der Waals surface area contributed by atoms with Gasteiger partial charge in [-0.05, 0) is 38.7 Å². The van der Waals surface area contributed by atoms with E-state index >= 15 is 0 Å². The molecule has 2 amide bonds. The maximum atomic E-state index is 12.9. The van der Waals surface area contributed by atoms with Crippen molar-refractivity contribution in [1.29, 1.82) is 0 Å². The lowest BCUT2D eigenvalue weighted by molar-refractivity contribution is -0.135. The molecule has 2 aliphatic rings. The van der Waals surface area contributed by atoms with Crippen LogP contribution in [0.15, 0.2) is 17.4 Å². The Hall–Kier alpha value is -1.67. The Morgan fingerprint density at radius 1 is 1.46 bits per heavy atom. The molecule has 2 fully saturated rings. The van der Waals surface area contributed by atoms with Gasteiger partial charge in [-0.15, -0.1) is 0 Å². The van der Waals surface area contributed by atoms with Crippen molar-refractivity contribution in [2.75, 3.05) is 19.4 Å². The molecule has 0 spiro atoms. The molecule has 0 radical (unpaired) electrons. The van der Waals surface area contributed by atoms with Crippen LogP contribution in [-0.4, -0.2) is 63.8 Å². The smallest absolute Gasteiger partial charge is 0.233 e. The maximum Gasteiger partial charge on any atom is 0.233 e. The van der Waals surface area contributed by atoms with Crippen molar-refractivity contribution >= 4 is 23.6 Å². The topological polar surface area (TPSA) is 84.4 Å². The van der Waals surface area contributed by atoms with Gasteiger partial charge in [0.05, 0.1) is 17.4 Å². The van der Waals surface area contributed by atoms with Crippen LogP contribution < -0.4 is 5.32 Å². The van der Waals surface area contributed by atoms with Crippen LogP contribution in [-0.2, 0) is 14.3 Å². The van der Waals surface area contributed by atoms with Crippen LogP contribution in [0.3, 0.4) is 0 Å². The van der Waals surface area contributed by atoms with Crippen molar-refractivity contribution in [3.05, 3.63) is 18.0 Å². The molecule has 1 aromatic rings. The highest BCUT2D eigenvalue weighted by atomic mass is 32.2. The van der Waals surface area contributed by atoms with Crippen molar-refractivity contribution in [3.63, 3.8) is 0 Å². The molecule has 1 saturated carbocycles. The predicted octanol–water partition coefficient (Wildman–Crippen LogP) is 1.55. The van der Waals surface area contributed by atoms with Crippen molar-refractivity contribution in [2.24, 2.45) is 0 Å². The number of rotatable bonds is 5. The first-order chi connectivity index (χ1) is 12.4. The summed E-state index contributed by atoms with van der Waals surface area (Å²) < 4.78 is 5.88. The second-order valence-corrected chi connectivity index (χ2v) is 8.01. The molecule has 3 atom stereocenters. The molecule has 0 bridgehead atoms. The lowest BCUT2D eigenvalue weighted by Gasteiger charge is -2.43. The number of likely N-dealkylation sites (tertiary alicyclic amines) is 1. The van der Waals surface area contributed by atoms with Crippen molar-refractivity contribution in [2.45, 2.75) is 62.4 Å². The standard InChI is InChI=1S/C18H26N4O3S/c1-12-5-8-19-17(20-12)26-11-16(24)22-9-7-18(25-3)6-4-14(10-15(18)22)21-13(2)23/h5,8,14-15H,4,6-7,9-11H2,1-3H3,(H,21,23)/t14-,15+,18-/m1/s1. The van der Waals surface area contributed by atoms with Gasteiger partial charge in [0.1, 0.15) is 0 Å². The normalized spacial score (nSPS) is 27.9. The van der Waals surface area contributed by atoms with E-state index in [9.17, 15) is 9.59 Å². The maximum absolute atomic E-state index is 12.9. The molecule has 3 rings (SSSR count). The van der Waals surface area contributed by atoms with Gasteiger partial charge < -0.3 is 15.0 Å². The third-order valence-corrected chi connectivity index (χ3v) is 6.26. The van der Waals surface area contributed by atoms with Crippen LogP contribution in [0.25, 0.3) is 0 Å². The van der Waals surface area contributed by atoms with E-state index in [0.29, 0.717) is 17.5 Å². The minimum absolute atomic E-state index is 0.00429. The number of nitrogens with one attached hydrogen (secondary N) is 1. The average Bonchev–Trinajstić information content (AvgIpc) is 2.99. The third-order valence-electron chi connectivity index (χ3n) is 5.41. The van der Waals surface area contributed by atoms with Gasteiger partial charge >= 0.3 is 0 Å². The predicted molar refractivity (Wildman–Crippen MR) is 98.8 cm³/mol. The molecule has 1 aliphatic heterocycles. The number of hydrogen-bond acceptors (Lipinski definition) is 6. The summed E-state index contributed by atoms with van der Waals surface area (Å²) in [6, 6.07) is 1.94. The lowest BCUT2D eigenvalue weighted by atomic mass is 9.78. The van der Waals surface area contributed by atoms with Crippen LogP contribution in [0.2, 0.25) is 0 Å². The Morgan fingerprint density at radius 3 is 2.96 bits per heavy atom. The highest BCUT2D eigenvalue weighted by Crippen LogP contribution is 2.42. The summed E-state index contributed by atoms with van der Waals surface area (Å²) in [5.41, 5.74) is 0.606. The van der Waals surface area contributed by atoms with E-state index in [0.717, 1.165) is 31.4 Å². The summed E-state index contributed by atoms with van der Waals surface area (Å²) in [4.78, 5) is 34.7. The van der Waals surface area contributed by atoms with E-state index < -0.39 is 0 Å². The fourth-order valence-corrected chi connectivity index (χ4v) is 4.88. The molecular formula is C18H26N4O3S. The van der Waals surface area contributed by atoms with Crippen LogP contribution in [0, 0.1) is 6.92 Å². The monoisotopic (exact) mass is 378 g/mol. The number of carbonyl (C=O) groups excluding carboxylic acids is 2. The molecule has 1 N–H and O–H groups in total. The second-order valence-electron chi connectivity index (χ2n) is 7.06. The lowest BCUT2D eigenvalue weighted by Crippen LogP contribution is -2.55. The Balaban J connectivity index is 1.66. The van der Waals surface area contributed by atoms with Crippen molar-refractivity contribution in [1.82, 2.24) is 20.2 Å². The molecule has 0 unspecified atom stereocenters. The Bertz CT molecular complexity index is 686. The summed E-state index contributed by atoms with van der Waals surface area (Å²) in [5.74, 6) is 0.361. The van der Waals surface area contributed by atoms with E-state index in [1.54, 1.807) is 13.3 Å². The number of aromatic nitrogens is 2. The van der Waals surface area contributed by atoms with Crippen LogP contribution >= 0.6 is 11.8 Å². The number of carbonyl (C=O) groups is 2. The van der Waals surface area contributed by atoms with Gasteiger partial charge in [-0.1, -0.05) is 11.8 Å². The Labute approximate surface area is 158 Å². The highest BCUT2D eigenvalue weighted by molar-refractivity contribution is 7.99. The van der Waals surface area contributed by atoms with Crippen molar-refractivity contribution < 1.29 is 14.3 Å². The van der Waals surface area contributed by atoms with E-state index in [-0.39, 0.29) is 29.5 Å². The van der Waals surface area contributed by atoms with Crippen molar-refractivity contribution in [3.8, 4) is 0 Å². The van der Waals surface area contributed by atoms with E-state index in [1.165, 1.54) is 18.7 Å². The summed E-state index contributed by atoms with van der Waals surface area (Å²) in [7, 11) is 1.73. The van der Waals surface area contributed by atoms with Gasteiger partial charge in [0.15, 0.2) is 5.16 Å². The second kappa shape index (κ2) is 7.92. The number of amides is 2. The van der Waals surface area contributed by atoms with Gasteiger partial charge in [0, 0.05) is 38.5 Å². The molecule has 1 saturated heterocycles. The van der Waals surface area contributed by atoms with Gasteiger partial charge in [-0.25, -0.2) is 9.97 Å². The first-order valence-electron chi connectivity index (χ1n) is 8.98. The van der Waals surface area contributed by atoms with Gasteiger partial charge in [-0.2, -0.15) is 0 Å². The SMILES string of the molecule is CO[C@@]12CC[C@@H](NC(C)=O)C[C@@H]1N(C(=O)CSc1nccc(C)n1)CC2. The van der Waals surface area contributed by atoms with E-state index in [2.05, 4.69) is 15.3 Å². The summed E-state index contributed by atoms with van der Waals surface area (Å²) >= 11 is 1.36. The third kappa shape index (κ3) is 4.01. The number of hydrogen-bond donors (Lipinski definition) is 1. The van der Waals surface area contributed by atoms with Gasteiger partial charge in [0.2, 0.25) is 11.8 Å². The zero-order valence-electron chi connectivity index (χ0n) is 15.5. The minimum atomic E-state index is -0.283. The first kappa shape index (κ1) is 19.1. The molecule has 142 valence electrons. The quantitative estimate of drug-likeness (QED) is 0.618. The van der Waals surface area contributed by atoms with E-state index in [1.807, 2.05) is 17.9 Å². The molecule has 1 aliphatic carbocycles. The fourth-order valence-electron chi connectivity index (χ4n) is 4.12. The molecule has 26 heavy (non-hydrogen) atoms. The number of nitrogens with zero attached hydrogens (tertiary/aromatic N) is 3. The van der Waals surface area contributed by atoms with Crippen LogP contribution in [0.4, 0.5) is 0 Å². The largest absolute Gasteiger partial charge is 0.376 e. The Kier molecular flexibility index (Phi) is 5.82. The van der Waals surface area contributed by atoms with Gasteiger partial charge in [0.25, 0.3) is 0 Å². The first-order valence-corrected chi connectivity index (χ1v) is 9.96. The number of methoxy groups -OCH3 is 1. The Morgan fingerprint density at radius 2 is 2.27 bits per heavy atom. The highest BCUT2D eigenvalue weighted by Gasteiger charge is 2.52. The minimum Gasteiger partial charge on any atom is -0.376 e. The zero-order chi connectivity index (χ0) is 18.7. The van der Waals surface area contributed by atoms with E-state index in [4.69, 9.17) is 4.74 Å². The van der Waals surface area contributed by atoms with Crippen LogP contribution in [0.5, 0.6) is 0 Å². The number of fused-ring (bicyclic) bond motifs is 1. The molecule has 2 heterocycles. The molecule has 8 heteroatoms. The van der Waals surface area contributed by atoms with Crippen LogP contribution in [0.1, 0.15) is 38.3 Å². The summed E-state index contributed by atoms with van der Waals surface area (Å²) in [6.07, 6.45) is 5.04. The number of aryl methyl sites for hydroxylation is 1. The number of ether oxygens (including phenoxy) is 1. The molecule has 7 nitrogen and oxygen atoms in total. The fraction of sp³-hybridized carbons (Fsp3) is 0.667. The van der Waals surface area contributed by atoms with Gasteiger partial charge in [-0.3, -0.25) is 9.59 Å². The summed E-state index contributed by atoms with van der Waals surface area (Å²) in [6.45, 7) is 4.14. The zero-order valence-corrected chi connectivity index (χ0v) is 16.3. The average molecular weight is 378 g/mol. The number of thioether (sulfide) groups is 1. The summed E-state index contributed by atoms with van der Waals surface area (Å²) in [5, 5.41) is 3.62. The molecule has 0 aromatic carbocycles.